The average molecular weight is 215 g/mol. The molecule has 0 saturated carbocycles. The Hall–Kier alpha value is -2.35. The van der Waals surface area contributed by atoms with Crippen LogP contribution in [0.15, 0.2) is 23.3 Å². The molecule has 1 aromatic rings. The fraction of sp³-hybridized carbons (Fsp3) is 0.182. The number of nitrogens with two attached hydrogens (primary N) is 1. The second-order valence-corrected chi connectivity index (χ2v) is 3.36. The van der Waals surface area contributed by atoms with Crippen molar-refractivity contribution in [3.63, 3.8) is 0 Å². The zero-order valence-corrected chi connectivity index (χ0v) is 9.20. The van der Waals surface area contributed by atoms with E-state index in [1.165, 1.54) is 0 Å². The number of amidine groups is 1. The summed E-state index contributed by atoms with van der Waals surface area (Å²) in [5.74, 6) is -0.346. The first-order valence-corrected chi connectivity index (χ1v) is 4.70. The molecular formula is C11H13N5. The quantitative estimate of drug-likeness (QED) is 0.405. The fourth-order valence-corrected chi connectivity index (χ4v) is 1.25. The van der Waals surface area contributed by atoms with Gasteiger partial charge in [0.1, 0.15) is 6.07 Å². The monoisotopic (exact) mass is 215 g/mol. The number of hydrogen-bond acceptors (Lipinski definition) is 4. The molecule has 1 aromatic carbocycles. The SMILES string of the molecule is Cc1cccc(C)c1N/N=C(\C#N)C(=N)N. The van der Waals surface area contributed by atoms with Crippen LogP contribution in [0, 0.1) is 30.6 Å². The summed E-state index contributed by atoms with van der Waals surface area (Å²) in [5, 5.41) is 19.6. The van der Waals surface area contributed by atoms with Gasteiger partial charge in [-0.25, -0.2) is 0 Å². The lowest BCUT2D eigenvalue weighted by Gasteiger charge is -2.08. The Morgan fingerprint density at radius 3 is 2.44 bits per heavy atom. The lowest BCUT2D eigenvalue weighted by Crippen LogP contribution is -2.22. The van der Waals surface area contributed by atoms with Crippen LogP contribution in [-0.4, -0.2) is 11.5 Å². The van der Waals surface area contributed by atoms with Crippen molar-refractivity contribution in [2.75, 3.05) is 5.43 Å². The fourth-order valence-electron chi connectivity index (χ4n) is 1.25. The van der Waals surface area contributed by atoms with Gasteiger partial charge in [-0.3, -0.25) is 10.8 Å². The van der Waals surface area contributed by atoms with Crippen LogP contribution in [0.3, 0.4) is 0 Å². The molecule has 5 heteroatoms. The van der Waals surface area contributed by atoms with E-state index in [2.05, 4.69) is 10.5 Å². The lowest BCUT2D eigenvalue weighted by atomic mass is 10.1. The molecule has 16 heavy (non-hydrogen) atoms. The molecule has 82 valence electrons. The van der Waals surface area contributed by atoms with E-state index in [0.29, 0.717) is 0 Å². The Kier molecular flexibility index (Phi) is 3.62. The van der Waals surface area contributed by atoms with E-state index in [-0.39, 0.29) is 11.5 Å². The zero-order chi connectivity index (χ0) is 12.1. The zero-order valence-electron chi connectivity index (χ0n) is 9.20. The largest absolute Gasteiger partial charge is 0.382 e. The summed E-state index contributed by atoms with van der Waals surface area (Å²) in [5.41, 5.74) is 10.7. The Labute approximate surface area is 94.1 Å². The van der Waals surface area contributed by atoms with Crippen LogP contribution in [0.2, 0.25) is 0 Å². The van der Waals surface area contributed by atoms with Gasteiger partial charge < -0.3 is 5.73 Å². The highest BCUT2D eigenvalue weighted by molar-refractivity contribution is 6.45. The highest BCUT2D eigenvalue weighted by Gasteiger charge is 2.03. The molecule has 1 rings (SSSR count). The number of nitrogens with one attached hydrogen (secondary N) is 2. The third-order valence-electron chi connectivity index (χ3n) is 2.12. The summed E-state index contributed by atoms with van der Waals surface area (Å²) in [6.07, 6.45) is 0. The van der Waals surface area contributed by atoms with Gasteiger partial charge >= 0.3 is 0 Å². The van der Waals surface area contributed by atoms with Crippen LogP contribution >= 0.6 is 0 Å². The Morgan fingerprint density at radius 2 is 2.00 bits per heavy atom. The van der Waals surface area contributed by atoms with Crippen LogP contribution < -0.4 is 11.2 Å². The van der Waals surface area contributed by atoms with E-state index < -0.39 is 0 Å². The molecular weight excluding hydrogens is 202 g/mol. The van der Waals surface area contributed by atoms with Gasteiger partial charge in [0.05, 0.1) is 5.69 Å². The predicted octanol–water partition coefficient (Wildman–Crippen LogP) is 1.53. The number of aryl methyl sites for hydroxylation is 2. The van der Waals surface area contributed by atoms with Crippen LogP contribution in [0.25, 0.3) is 0 Å². The second-order valence-electron chi connectivity index (χ2n) is 3.36. The molecule has 0 radical (unpaired) electrons. The van der Waals surface area contributed by atoms with Crippen molar-refractivity contribution in [3.8, 4) is 6.07 Å². The number of rotatable bonds is 3. The Balaban J connectivity index is 2.99. The van der Waals surface area contributed by atoms with Gasteiger partial charge in [0.15, 0.2) is 5.84 Å². The first-order valence-electron chi connectivity index (χ1n) is 4.70. The summed E-state index contributed by atoms with van der Waals surface area (Å²) in [6, 6.07) is 7.56. The predicted molar refractivity (Wildman–Crippen MR) is 64.5 cm³/mol. The van der Waals surface area contributed by atoms with Crippen LogP contribution in [0.4, 0.5) is 5.69 Å². The summed E-state index contributed by atoms with van der Waals surface area (Å²) < 4.78 is 0. The van der Waals surface area contributed by atoms with E-state index in [4.69, 9.17) is 16.4 Å². The molecule has 0 amide bonds. The number of benzene rings is 1. The lowest BCUT2D eigenvalue weighted by molar-refractivity contribution is 1.26. The maximum absolute atomic E-state index is 8.67. The van der Waals surface area contributed by atoms with Gasteiger partial charge in [-0.15, -0.1) is 0 Å². The number of nitriles is 1. The summed E-state index contributed by atoms with van der Waals surface area (Å²) in [7, 11) is 0. The second kappa shape index (κ2) is 4.94. The third kappa shape index (κ3) is 2.58. The molecule has 0 spiro atoms. The molecule has 0 fully saturated rings. The third-order valence-corrected chi connectivity index (χ3v) is 2.12. The summed E-state index contributed by atoms with van der Waals surface area (Å²) in [6.45, 7) is 3.87. The van der Waals surface area contributed by atoms with E-state index >= 15 is 0 Å². The Morgan fingerprint density at radius 1 is 1.44 bits per heavy atom. The molecule has 0 aliphatic rings. The molecule has 0 bridgehead atoms. The van der Waals surface area contributed by atoms with Gasteiger partial charge in [-0.05, 0) is 25.0 Å². The van der Waals surface area contributed by atoms with Crippen LogP contribution in [0.1, 0.15) is 11.1 Å². The van der Waals surface area contributed by atoms with Crippen molar-refractivity contribution in [1.29, 1.82) is 10.7 Å². The van der Waals surface area contributed by atoms with Gasteiger partial charge in [-0.1, -0.05) is 18.2 Å². The standard InChI is InChI=1S/C11H13N5/c1-7-4-3-5-8(2)10(7)16-15-9(6-12)11(13)14/h3-5,16H,1-2H3,(H3,13,14)/b15-9+. The number of anilines is 1. The minimum atomic E-state index is -0.346. The van der Waals surface area contributed by atoms with E-state index in [1.54, 1.807) is 6.07 Å². The number of nitrogens with zero attached hydrogens (tertiary/aromatic N) is 2. The van der Waals surface area contributed by atoms with Crippen LogP contribution in [-0.2, 0) is 0 Å². The highest BCUT2D eigenvalue weighted by atomic mass is 15.3. The number of hydrogen-bond donors (Lipinski definition) is 3. The van der Waals surface area contributed by atoms with Gasteiger partial charge in [0, 0.05) is 0 Å². The van der Waals surface area contributed by atoms with Gasteiger partial charge in [0.2, 0.25) is 5.71 Å². The average Bonchev–Trinajstić information content (AvgIpc) is 2.22. The minimum absolute atomic E-state index is 0.123. The molecule has 0 saturated heterocycles. The maximum atomic E-state index is 8.67. The molecule has 0 aromatic heterocycles. The number of para-hydroxylation sites is 1. The number of hydrazone groups is 1. The molecule has 5 nitrogen and oxygen atoms in total. The molecule has 0 aliphatic carbocycles. The van der Waals surface area contributed by atoms with E-state index in [1.807, 2.05) is 32.0 Å². The van der Waals surface area contributed by atoms with Crippen molar-refractivity contribution < 1.29 is 0 Å². The highest BCUT2D eigenvalue weighted by Crippen LogP contribution is 2.19. The van der Waals surface area contributed by atoms with Crippen LogP contribution in [0.5, 0.6) is 0 Å². The molecule has 4 N–H and O–H groups in total. The van der Waals surface area contributed by atoms with Gasteiger partial charge in [-0.2, -0.15) is 10.4 Å². The van der Waals surface area contributed by atoms with E-state index in [0.717, 1.165) is 16.8 Å². The van der Waals surface area contributed by atoms with Crippen molar-refractivity contribution in [2.45, 2.75) is 13.8 Å². The summed E-state index contributed by atoms with van der Waals surface area (Å²) >= 11 is 0. The van der Waals surface area contributed by atoms with Crippen molar-refractivity contribution in [2.24, 2.45) is 10.8 Å². The maximum Gasteiger partial charge on any atom is 0.201 e. The first-order chi connectivity index (χ1) is 7.56. The Bertz CT molecular complexity index is 461. The normalized spacial score (nSPS) is 10.7. The molecule has 0 unspecified atom stereocenters. The minimum Gasteiger partial charge on any atom is -0.382 e. The summed E-state index contributed by atoms with van der Waals surface area (Å²) in [4.78, 5) is 0. The molecule has 0 aliphatic heterocycles. The van der Waals surface area contributed by atoms with Crippen molar-refractivity contribution in [3.05, 3.63) is 29.3 Å². The van der Waals surface area contributed by atoms with Crippen molar-refractivity contribution >= 4 is 17.2 Å². The smallest absolute Gasteiger partial charge is 0.201 e. The molecule has 0 heterocycles. The van der Waals surface area contributed by atoms with Gasteiger partial charge in [0.25, 0.3) is 0 Å². The molecule has 0 atom stereocenters. The first kappa shape index (κ1) is 11.7. The van der Waals surface area contributed by atoms with E-state index in [9.17, 15) is 0 Å². The topological polar surface area (TPSA) is 98.0 Å². The van der Waals surface area contributed by atoms with Crippen molar-refractivity contribution in [1.82, 2.24) is 0 Å².